The lowest BCUT2D eigenvalue weighted by atomic mass is 10.3. The lowest BCUT2D eigenvalue weighted by Crippen LogP contribution is -1.99. The molecule has 86 valence electrons. The zero-order valence-corrected chi connectivity index (χ0v) is 9.39. The van der Waals surface area contributed by atoms with Gasteiger partial charge in [0.25, 0.3) is 0 Å². The summed E-state index contributed by atoms with van der Waals surface area (Å²) in [5.74, 6) is 0.172. The third-order valence-corrected chi connectivity index (χ3v) is 2.27. The van der Waals surface area contributed by atoms with E-state index < -0.39 is 4.92 Å². The summed E-state index contributed by atoms with van der Waals surface area (Å²) in [6.45, 7) is 0. The largest absolute Gasteiger partial charge is 0.334 e. The Labute approximate surface area is 102 Å². The van der Waals surface area contributed by atoms with Crippen LogP contribution in [0.4, 0.5) is 17.2 Å². The lowest BCUT2D eigenvalue weighted by molar-refractivity contribution is -0.384. The number of nitro groups is 1. The molecule has 0 saturated heterocycles. The second-order valence-electron chi connectivity index (χ2n) is 3.27. The van der Waals surface area contributed by atoms with Crippen molar-refractivity contribution in [2.45, 2.75) is 0 Å². The number of rotatable bonds is 3. The first-order valence-corrected chi connectivity index (χ1v) is 5.16. The van der Waals surface area contributed by atoms with Gasteiger partial charge in [0.15, 0.2) is 0 Å². The molecule has 0 aliphatic heterocycles. The van der Waals surface area contributed by atoms with Crippen LogP contribution in [0.2, 0.25) is 5.02 Å². The molecular weight excluding hydrogens is 242 g/mol. The smallest absolute Gasteiger partial charge is 0.313 e. The van der Waals surface area contributed by atoms with Crippen LogP contribution in [0.3, 0.4) is 0 Å². The highest BCUT2D eigenvalue weighted by atomic mass is 35.5. The molecule has 0 saturated carbocycles. The standard InChI is InChI=1S/C11H8ClN3O2/c12-8-6-10(15(16)17)11(13-7-8)14-9-4-2-1-3-5-9/h1-7H,(H,13,14). The van der Waals surface area contributed by atoms with E-state index in [2.05, 4.69) is 10.3 Å². The molecule has 0 unspecified atom stereocenters. The zero-order chi connectivity index (χ0) is 12.3. The second-order valence-corrected chi connectivity index (χ2v) is 3.71. The van der Waals surface area contributed by atoms with E-state index in [1.165, 1.54) is 12.3 Å². The van der Waals surface area contributed by atoms with Crippen molar-refractivity contribution < 1.29 is 4.92 Å². The molecular formula is C11H8ClN3O2. The molecule has 1 heterocycles. The first-order chi connectivity index (χ1) is 8.16. The van der Waals surface area contributed by atoms with Gasteiger partial charge in [-0.2, -0.15) is 0 Å². The van der Waals surface area contributed by atoms with E-state index in [0.29, 0.717) is 0 Å². The Hall–Kier alpha value is -2.14. The van der Waals surface area contributed by atoms with Crippen molar-refractivity contribution >= 4 is 28.8 Å². The summed E-state index contributed by atoms with van der Waals surface area (Å²) in [4.78, 5) is 14.2. The molecule has 0 aliphatic rings. The fourth-order valence-corrected chi connectivity index (χ4v) is 1.47. The van der Waals surface area contributed by atoms with Gasteiger partial charge in [0.2, 0.25) is 5.82 Å². The highest BCUT2D eigenvalue weighted by molar-refractivity contribution is 6.30. The second kappa shape index (κ2) is 4.80. The number of benzene rings is 1. The number of nitrogens with zero attached hydrogens (tertiary/aromatic N) is 2. The van der Waals surface area contributed by atoms with Crippen molar-refractivity contribution in [3.05, 3.63) is 57.7 Å². The van der Waals surface area contributed by atoms with Gasteiger partial charge >= 0.3 is 5.69 Å². The van der Waals surface area contributed by atoms with Crippen molar-refractivity contribution in [3.8, 4) is 0 Å². The summed E-state index contributed by atoms with van der Waals surface area (Å²) in [6.07, 6.45) is 1.36. The van der Waals surface area contributed by atoms with Gasteiger partial charge in [-0.1, -0.05) is 29.8 Å². The Morgan fingerprint density at radius 2 is 2.00 bits per heavy atom. The molecule has 0 bridgehead atoms. The number of anilines is 2. The highest BCUT2D eigenvalue weighted by Crippen LogP contribution is 2.27. The molecule has 0 aliphatic carbocycles. The monoisotopic (exact) mass is 249 g/mol. The van der Waals surface area contributed by atoms with Crippen molar-refractivity contribution in [1.29, 1.82) is 0 Å². The van der Waals surface area contributed by atoms with Crippen LogP contribution in [0.1, 0.15) is 0 Å². The fourth-order valence-electron chi connectivity index (χ4n) is 1.32. The van der Waals surface area contributed by atoms with E-state index in [1.807, 2.05) is 18.2 Å². The number of pyridine rings is 1. The average Bonchev–Trinajstić information content (AvgIpc) is 2.32. The van der Waals surface area contributed by atoms with Gasteiger partial charge in [0, 0.05) is 18.0 Å². The summed E-state index contributed by atoms with van der Waals surface area (Å²) < 4.78 is 0. The van der Waals surface area contributed by atoms with Crippen LogP contribution in [-0.4, -0.2) is 9.91 Å². The first-order valence-electron chi connectivity index (χ1n) is 4.79. The van der Waals surface area contributed by atoms with E-state index in [0.717, 1.165) is 5.69 Å². The van der Waals surface area contributed by atoms with Crippen molar-refractivity contribution in [1.82, 2.24) is 4.98 Å². The molecule has 1 aromatic carbocycles. The van der Waals surface area contributed by atoms with Gasteiger partial charge in [0.05, 0.1) is 9.95 Å². The minimum absolute atomic E-state index is 0.152. The summed E-state index contributed by atoms with van der Waals surface area (Å²) >= 11 is 5.67. The van der Waals surface area contributed by atoms with Gasteiger partial charge in [-0.25, -0.2) is 4.98 Å². The number of para-hydroxylation sites is 1. The summed E-state index contributed by atoms with van der Waals surface area (Å²) in [6, 6.07) is 10.4. The quantitative estimate of drug-likeness (QED) is 0.669. The molecule has 1 N–H and O–H groups in total. The minimum atomic E-state index is -0.524. The Bertz CT molecular complexity index is 546. The van der Waals surface area contributed by atoms with E-state index in [9.17, 15) is 10.1 Å². The van der Waals surface area contributed by atoms with E-state index >= 15 is 0 Å². The van der Waals surface area contributed by atoms with Crippen LogP contribution in [0.5, 0.6) is 0 Å². The van der Waals surface area contributed by atoms with Gasteiger partial charge < -0.3 is 5.32 Å². The number of halogens is 1. The minimum Gasteiger partial charge on any atom is -0.334 e. The van der Waals surface area contributed by atoms with Crippen molar-refractivity contribution in [2.75, 3.05) is 5.32 Å². The van der Waals surface area contributed by atoms with Crippen LogP contribution in [0.25, 0.3) is 0 Å². The van der Waals surface area contributed by atoms with Gasteiger partial charge in [0.1, 0.15) is 0 Å². The predicted molar refractivity (Wildman–Crippen MR) is 65.6 cm³/mol. The molecule has 0 fully saturated rings. The molecule has 0 amide bonds. The molecule has 0 radical (unpaired) electrons. The molecule has 5 nitrogen and oxygen atoms in total. The predicted octanol–water partition coefficient (Wildman–Crippen LogP) is 3.39. The summed E-state index contributed by atoms with van der Waals surface area (Å²) in [7, 11) is 0. The maximum Gasteiger partial charge on any atom is 0.313 e. The average molecular weight is 250 g/mol. The Balaban J connectivity index is 2.36. The van der Waals surface area contributed by atoms with Crippen molar-refractivity contribution in [3.63, 3.8) is 0 Å². The zero-order valence-electron chi connectivity index (χ0n) is 8.63. The third-order valence-electron chi connectivity index (χ3n) is 2.07. The van der Waals surface area contributed by atoms with Crippen LogP contribution in [-0.2, 0) is 0 Å². The molecule has 6 heteroatoms. The van der Waals surface area contributed by atoms with Crippen LogP contribution < -0.4 is 5.32 Å². The summed E-state index contributed by atoms with van der Waals surface area (Å²) in [5, 5.41) is 13.9. The lowest BCUT2D eigenvalue weighted by Gasteiger charge is -2.05. The summed E-state index contributed by atoms with van der Waals surface area (Å²) in [5.41, 5.74) is 0.576. The Kier molecular flexibility index (Phi) is 3.20. The first kappa shape index (κ1) is 11.3. The number of nitrogens with one attached hydrogen (secondary N) is 1. The van der Waals surface area contributed by atoms with E-state index in [1.54, 1.807) is 12.1 Å². The van der Waals surface area contributed by atoms with E-state index in [-0.39, 0.29) is 16.5 Å². The number of hydrogen-bond donors (Lipinski definition) is 1. The molecule has 2 aromatic rings. The van der Waals surface area contributed by atoms with Gasteiger partial charge in [-0.15, -0.1) is 0 Å². The van der Waals surface area contributed by atoms with Crippen LogP contribution in [0.15, 0.2) is 42.6 Å². The van der Waals surface area contributed by atoms with Crippen molar-refractivity contribution in [2.24, 2.45) is 0 Å². The van der Waals surface area contributed by atoms with Crippen LogP contribution in [0, 0.1) is 10.1 Å². The number of aromatic nitrogens is 1. The maximum atomic E-state index is 10.8. The van der Waals surface area contributed by atoms with E-state index in [4.69, 9.17) is 11.6 Å². The highest BCUT2D eigenvalue weighted by Gasteiger charge is 2.15. The van der Waals surface area contributed by atoms with Gasteiger partial charge in [-0.05, 0) is 12.1 Å². The Morgan fingerprint density at radius 1 is 1.29 bits per heavy atom. The topological polar surface area (TPSA) is 68.1 Å². The molecule has 1 aromatic heterocycles. The number of hydrogen-bond acceptors (Lipinski definition) is 4. The molecule has 0 spiro atoms. The molecule has 2 rings (SSSR count). The molecule has 0 atom stereocenters. The van der Waals surface area contributed by atoms with Gasteiger partial charge in [-0.3, -0.25) is 10.1 Å². The third kappa shape index (κ3) is 2.70. The molecule has 17 heavy (non-hydrogen) atoms. The Morgan fingerprint density at radius 3 is 2.65 bits per heavy atom. The fraction of sp³-hybridized carbons (Fsp3) is 0. The SMILES string of the molecule is O=[N+]([O-])c1cc(Cl)cnc1Nc1ccccc1. The van der Waals surface area contributed by atoms with Crippen LogP contribution >= 0.6 is 11.6 Å². The normalized spacial score (nSPS) is 9.94. The maximum absolute atomic E-state index is 10.8.